The van der Waals surface area contributed by atoms with E-state index in [4.69, 9.17) is 9.47 Å². The lowest BCUT2D eigenvalue weighted by Crippen LogP contribution is -2.32. The Morgan fingerprint density at radius 1 is 1.16 bits per heavy atom. The fourth-order valence-electron chi connectivity index (χ4n) is 2.21. The predicted molar refractivity (Wildman–Crippen MR) is 93.2 cm³/mol. The van der Waals surface area contributed by atoms with Crippen molar-refractivity contribution in [2.75, 3.05) is 19.2 Å². The van der Waals surface area contributed by atoms with Crippen molar-refractivity contribution in [3.8, 4) is 11.5 Å². The molecule has 2 aromatic carbocycles. The first-order valence-electron chi connectivity index (χ1n) is 7.48. The third-order valence-electron chi connectivity index (χ3n) is 3.43. The van der Waals surface area contributed by atoms with E-state index < -0.39 is 11.0 Å². The fourth-order valence-corrected chi connectivity index (χ4v) is 2.21. The van der Waals surface area contributed by atoms with Crippen molar-refractivity contribution in [3.05, 3.63) is 57.6 Å². The van der Waals surface area contributed by atoms with E-state index in [2.05, 4.69) is 10.6 Å². The molecule has 2 aromatic rings. The average molecular weight is 345 g/mol. The number of benzene rings is 2. The molecule has 0 saturated heterocycles. The second kappa shape index (κ2) is 8.00. The number of nitro groups is 1. The maximum Gasteiger partial charge on any atom is 0.321 e. The molecule has 0 fully saturated rings. The molecule has 25 heavy (non-hydrogen) atoms. The Morgan fingerprint density at radius 3 is 2.52 bits per heavy atom. The lowest BCUT2D eigenvalue weighted by atomic mass is 10.1. The van der Waals surface area contributed by atoms with Crippen LogP contribution >= 0.6 is 0 Å². The summed E-state index contributed by atoms with van der Waals surface area (Å²) in [4.78, 5) is 22.3. The average Bonchev–Trinajstić information content (AvgIpc) is 2.56. The first-order valence-corrected chi connectivity index (χ1v) is 7.48. The zero-order chi connectivity index (χ0) is 18.4. The molecule has 8 nitrogen and oxygen atoms in total. The van der Waals surface area contributed by atoms with Gasteiger partial charge in [-0.25, -0.2) is 4.79 Å². The van der Waals surface area contributed by atoms with Crippen LogP contribution < -0.4 is 20.1 Å². The van der Waals surface area contributed by atoms with Gasteiger partial charge in [0.15, 0.2) is 6.73 Å². The summed E-state index contributed by atoms with van der Waals surface area (Å²) in [7, 11) is 1.41. The quantitative estimate of drug-likeness (QED) is 0.475. The molecule has 0 aliphatic carbocycles. The molecule has 0 spiro atoms. The zero-order valence-corrected chi connectivity index (χ0v) is 14.2. The van der Waals surface area contributed by atoms with Gasteiger partial charge in [-0.3, -0.25) is 10.1 Å². The van der Waals surface area contributed by atoms with Gasteiger partial charge in [0.25, 0.3) is 5.69 Å². The number of methoxy groups -OCH3 is 1. The van der Waals surface area contributed by atoms with Gasteiger partial charge in [0.2, 0.25) is 0 Å². The van der Waals surface area contributed by atoms with Crippen molar-refractivity contribution in [1.82, 2.24) is 5.32 Å². The predicted octanol–water partition coefficient (Wildman–Crippen LogP) is 3.38. The number of hydrogen-bond donors (Lipinski definition) is 2. The summed E-state index contributed by atoms with van der Waals surface area (Å²) < 4.78 is 10.6. The highest BCUT2D eigenvalue weighted by Gasteiger charge is 2.13. The zero-order valence-electron chi connectivity index (χ0n) is 14.2. The molecule has 0 heterocycles. The van der Waals surface area contributed by atoms with Crippen LogP contribution in [0.4, 0.5) is 16.2 Å². The van der Waals surface area contributed by atoms with Crippen LogP contribution in [0.5, 0.6) is 11.5 Å². The highest BCUT2D eigenvalue weighted by Crippen LogP contribution is 2.28. The van der Waals surface area contributed by atoms with Crippen molar-refractivity contribution in [1.29, 1.82) is 0 Å². The van der Waals surface area contributed by atoms with Gasteiger partial charge in [-0.05, 0) is 31.5 Å². The van der Waals surface area contributed by atoms with Crippen LogP contribution in [-0.2, 0) is 0 Å². The van der Waals surface area contributed by atoms with Crippen LogP contribution in [0.25, 0.3) is 0 Å². The Bertz CT molecular complexity index is 792. The molecular formula is C17H19N3O5. The van der Waals surface area contributed by atoms with E-state index in [1.807, 2.05) is 32.0 Å². The molecule has 2 N–H and O–H groups in total. The van der Waals surface area contributed by atoms with Crippen LogP contribution in [0.2, 0.25) is 0 Å². The summed E-state index contributed by atoms with van der Waals surface area (Å²) in [5.41, 5.74) is 2.12. The number of hydrogen-bond acceptors (Lipinski definition) is 5. The SMILES string of the molecule is COc1ccc([N+](=O)[O-])cc1NC(=O)NCOc1ccc(C)cc1C. The van der Waals surface area contributed by atoms with E-state index in [0.717, 1.165) is 11.1 Å². The number of urea groups is 1. The number of nitrogens with one attached hydrogen (secondary N) is 2. The lowest BCUT2D eigenvalue weighted by Gasteiger charge is -2.13. The fraction of sp³-hybridized carbons (Fsp3) is 0.235. The first-order chi connectivity index (χ1) is 11.9. The maximum absolute atomic E-state index is 12.0. The molecule has 8 heteroatoms. The van der Waals surface area contributed by atoms with Gasteiger partial charge in [-0.1, -0.05) is 17.7 Å². The van der Waals surface area contributed by atoms with Gasteiger partial charge in [0.1, 0.15) is 11.5 Å². The largest absolute Gasteiger partial charge is 0.495 e. The van der Waals surface area contributed by atoms with Crippen molar-refractivity contribution in [3.63, 3.8) is 0 Å². The summed E-state index contributed by atoms with van der Waals surface area (Å²) >= 11 is 0. The summed E-state index contributed by atoms with van der Waals surface area (Å²) in [6.45, 7) is 3.85. The Balaban J connectivity index is 1.96. The third kappa shape index (κ3) is 4.84. The molecular weight excluding hydrogens is 326 g/mol. The first kappa shape index (κ1) is 18.1. The number of nitrogens with zero attached hydrogens (tertiary/aromatic N) is 1. The molecule has 0 atom stereocenters. The summed E-state index contributed by atoms with van der Waals surface area (Å²) in [5.74, 6) is 0.981. The number of aryl methyl sites for hydroxylation is 2. The Morgan fingerprint density at radius 2 is 1.88 bits per heavy atom. The van der Waals surface area contributed by atoms with Crippen LogP contribution in [0.3, 0.4) is 0 Å². The van der Waals surface area contributed by atoms with Crippen LogP contribution in [-0.4, -0.2) is 24.8 Å². The van der Waals surface area contributed by atoms with Crippen molar-refractivity contribution in [2.45, 2.75) is 13.8 Å². The van der Waals surface area contributed by atoms with E-state index in [1.54, 1.807) is 0 Å². The van der Waals surface area contributed by atoms with Gasteiger partial charge in [0.05, 0.1) is 17.7 Å². The minimum absolute atomic E-state index is 0.0486. The Labute approximate surface area is 144 Å². The standard InChI is InChI=1S/C17H19N3O5/c1-11-4-6-15(12(2)8-11)25-10-18-17(21)19-14-9-13(20(22)23)5-7-16(14)24-3/h4-9H,10H2,1-3H3,(H2,18,19,21). The molecule has 0 aliphatic rings. The van der Waals surface area contributed by atoms with E-state index in [0.29, 0.717) is 11.5 Å². The van der Waals surface area contributed by atoms with E-state index >= 15 is 0 Å². The van der Waals surface area contributed by atoms with E-state index in [9.17, 15) is 14.9 Å². The molecule has 0 saturated carbocycles. The molecule has 0 aromatic heterocycles. The highest BCUT2D eigenvalue weighted by molar-refractivity contribution is 5.91. The van der Waals surface area contributed by atoms with E-state index in [1.165, 1.54) is 25.3 Å². The minimum Gasteiger partial charge on any atom is -0.495 e. The van der Waals surface area contributed by atoms with Crippen LogP contribution in [0.1, 0.15) is 11.1 Å². The third-order valence-corrected chi connectivity index (χ3v) is 3.43. The smallest absolute Gasteiger partial charge is 0.321 e. The minimum atomic E-state index is -0.566. The van der Waals surface area contributed by atoms with Gasteiger partial charge in [-0.2, -0.15) is 0 Å². The van der Waals surface area contributed by atoms with Crippen molar-refractivity contribution < 1.29 is 19.2 Å². The second-order valence-electron chi connectivity index (χ2n) is 5.33. The molecule has 0 radical (unpaired) electrons. The van der Waals surface area contributed by atoms with Crippen molar-refractivity contribution in [2.24, 2.45) is 0 Å². The van der Waals surface area contributed by atoms with Gasteiger partial charge in [0, 0.05) is 12.1 Å². The number of amides is 2. The maximum atomic E-state index is 12.0. The molecule has 0 bridgehead atoms. The molecule has 132 valence electrons. The van der Waals surface area contributed by atoms with Crippen LogP contribution in [0.15, 0.2) is 36.4 Å². The number of carbonyl (C=O) groups is 1. The number of ether oxygens (including phenoxy) is 2. The topological polar surface area (TPSA) is 103 Å². The van der Waals surface area contributed by atoms with Gasteiger partial charge in [-0.15, -0.1) is 0 Å². The van der Waals surface area contributed by atoms with Gasteiger partial charge >= 0.3 is 6.03 Å². The monoisotopic (exact) mass is 345 g/mol. The Hall–Kier alpha value is -3.29. The molecule has 2 rings (SSSR count). The molecule has 2 amide bonds. The summed E-state index contributed by atoms with van der Waals surface area (Å²) in [6.07, 6.45) is 0. The highest BCUT2D eigenvalue weighted by atomic mass is 16.6. The summed E-state index contributed by atoms with van der Waals surface area (Å²) in [6, 6.07) is 9.09. The normalized spacial score (nSPS) is 10.0. The second-order valence-corrected chi connectivity index (χ2v) is 5.33. The summed E-state index contributed by atoms with van der Waals surface area (Å²) in [5, 5.41) is 15.9. The molecule has 0 unspecified atom stereocenters. The number of nitro benzene ring substituents is 1. The number of non-ortho nitro benzene ring substituents is 1. The number of carbonyl (C=O) groups excluding carboxylic acids is 1. The number of anilines is 1. The van der Waals surface area contributed by atoms with E-state index in [-0.39, 0.29) is 18.1 Å². The Kier molecular flexibility index (Phi) is 5.78. The van der Waals surface area contributed by atoms with Gasteiger partial charge < -0.3 is 20.1 Å². The number of rotatable bonds is 6. The van der Waals surface area contributed by atoms with Crippen molar-refractivity contribution >= 4 is 17.4 Å². The van der Waals surface area contributed by atoms with Crippen LogP contribution in [0, 0.1) is 24.0 Å². The lowest BCUT2D eigenvalue weighted by molar-refractivity contribution is -0.384. The molecule has 0 aliphatic heterocycles.